The summed E-state index contributed by atoms with van der Waals surface area (Å²) in [6.45, 7) is 3.52. The number of methoxy groups -OCH3 is 1. The highest BCUT2D eigenvalue weighted by Crippen LogP contribution is 2.32. The number of Topliss-reactive ketones (excluding diaryl/α,β-unsaturated/α-hetero) is 1. The van der Waals surface area contributed by atoms with Crippen LogP contribution in [0.1, 0.15) is 24.2 Å². The average Bonchev–Trinajstić information content (AvgIpc) is 2.80. The van der Waals surface area contributed by atoms with E-state index >= 15 is 0 Å². The molecule has 9 nitrogen and oxygen atoms in total. The Kier molecular flexibility index (Phi) is 7.37. The van der Waals surface area contributed by atoms with E-state index in [1.807, 2.05) is 0 Å². The SMILES string of the molecule is COc1ccc(C(=O)COC(=O)[C@@H](NS(=O)(=O)c2ccc3c(c2)OCCO3)C(C)C)cc1. The van der Waals surface area contributed by atoms with Gasteiger partial charge in [0.25, 0.3) is 0 Å². The Labute approximate surface area is 186 Å². The van der Waals surface area contributed by atoms with Gasteiger partial charge in [-0.3, -0.25) is 9.59 Å². The molecule has 0 amide bonds. The predicted molar refractivity (Wildman–Crippen MR) is 115 cm³/mol. The van der Waals surface area contributed by atoms with E-state index in [-0.39, 0.29) is 4.90 Å². The molecule has 3 rings (SSSR count). The fourth-order valence-electron chi connectivity index (χ4n) is 2.97. The molecule has 0 saturated carbocycles. The normalized spacial score (nSPS) is 14.0. The number of carbonyl (C=O) groups excluding carboxylic acids is 2. The lowest BCUT2D eigenvalue weighted by Crippen LogP contribution is -2.45. The maximum atomic E-state index is 12.9. The quantitative estimate of drug-likeness (QED) is 0.444. The molecular weight excluding hydrogens is 438 g/mol. The van der Waals surface area contributed by atoms with Gasteiger partial charge in [-0.25, -0.2) is 8.42 Å². The summed E-state index contributed by atoms with van der Waals surface area (Å²) in [6, 6.07) is 9.37. The van der Waals surface area contributed by atoms with Gasteiger partial charge in [0.05, 0.1) is 12.0 Å². The van der Waals surface area contributed by atoms with E-state index in [9.17, 15) is 18.0 Å². The summed E-state index contributed by atoms with van der Waals surface area (Å²) in [7, 11) is -2.56. The third kappa shape index (κ3) is 5.57. The molecule has 2 aromatic rings. The van der Waals surface area contributed by atoms with Crippen molar-refractivity contribution in [2.24, 2.45) is 5.92 Å². The van der Waals surface area contributed by atoms with E-state index in [0.29, 0.717) is 36.0 Å². The molecule has 0 bridgehead atoms. The zero-order valence-corrected chi connectivity index (χ0v) is 18.8. The summed E-state index contributed by atoms with van der Waals surface area (Å²) in [5.41, 5.74) is 0.344. The molecule has 1 heterocycles. The summed E-state index contributed by atoms with van der Waals surface area (Å²) in [5.74, 6) is -0.335. The Balaban J connectivity index is 1.67. The molecule has 10 heteroatoms. The number of hydrogen-bond acceptors (Lipinski definition) is 8. The van der Waals surface area contributed by atoms with Crippen LogP contribution in [0.4, 0.5) is 0 Å². The van der Waals surface area contributed by atoms with Gasteiger partial charge in [-0.1, -0.05) is 13.8 Å². The Hall–Kier alpha value is -3.11. The molecule has 0 aliphatic carbocycles. The molecule has 2 aromatic carbocycles. The highest BCUT2D eigenvalue weighted by atomic mass is 32.2. The summed E-state index contributed by atoms with van der Waals surface area (Å²) in [6.07, 6.45) is 0. The van der Waals surface area contributed by atoms with Crippen molar-refractivity contribution >= 4 is 21.8 Å². The molecule has 172 valence electrons. The third-order valence-electron chi connectivity index (χ3n) is 4.78. The van der Waals surface area contributed by atoms with Crippen molar-refractivity contribution in [1.29, 1.82) is 0 Å². The minimum absolute atomic E-state index is 0.0745. The average molecular weight is 464 g/mol. The first-order chi connectivity index (χ1) is 15.2. The Morgan fingerprint density at radius 3 is 2.31 bits per heavy atom. The van der Waals surface area contributed by atoms with Crippen molar-refractivity contribution in [1.82, 2.24) is 4.72 Å². The molecule has 0 aromatic heterocycles. The number of sulfonamides is 1. The van der Waals surface area contributed by atoms with E-state index in [1.54, 1.807) is 38.1 Å². The molecule has 0 spiro atoms. The van der Waals surface area contributed by atoms with Crippen LogP contribution in [0.3, 0.4) is 0 Å². The minimum atomic E-state index is -4.07. The Morgan fingerprint density at radius 2 is 1.69 bits per heavy atom. The van der Waals surface area contributed by atoms with Crippen LogP contribution < -0.4 is 18.9 Å². The van der Waals surface area contributed by atoms with Crippen molar-refractivity contribution in [3.05, 3.63) is 48.0 Å². The van der Waals surface area contributed by atoms with E-state index < -0.39 is 40.3 Å². The second-order valence-corrected chi connectivity index (χ2v) is 9.12. The van der Waals surface area contributed by atoms with E-state index in [0.717, 1.165) is 0 Å². The van der Waals surface area contributed by atoms with Gasteiger partial charge >= 0.3 is 5.97 Å². The van der Waals surface area contributed by atoms with Crippen molar-refractivity contribution < 1.29 is 37.0 Å². The van der Waals surface area contributed by atoms with Crippen molar-refractivity contribution in [2.45, 2.75) is 24.8 Å². The predicted octanol–water partition coefficient (Wildman–Crippen LogP) is 2.20. The van der Waals surface area contributed by atoms with Crippen LogP contribution in [0, 0.1) is 5.92 Å². The highest BCUT2D eigenvalue weighted by Gasteiger charge is 2.31. The van der Waals surface area contributed by atoms with Gasteiger partial charge in [0.2, 0.25) is 10.0 Å². The monoisotopic (exact) mass is 463 g/mol. The minimum Gasteiger partial charge on any atom is -0.497 e. The van der Waals surface area contributed by atoms with Crippen LogP contribution in [0.5, 0.6) is 17.2 Å². The Morgan fingerprint density at radius 1 is 1.03 bits per heavy atom. The summed E-state index contributed by atoms with van der Waals surface area (Å²) in [5, 5.41) is 0. The second kappa shape index (κ2) is 10.0. The standard InChI is InChI=1S/C22H25NO8S/c1-14(2)21(22(25)31-13-18(24)15-4-6-16(28-3)7-5-15)23-32(26,27)17-8-9-19-20(12-17)30-11-10-29-19/h4-9,12,14,21,23H,10-11,13H2,1-3H3/t21-/m0/s1. The van der Waals surface area contributed by atoms with E-state index in [4.69, 9.17) is 18.9 Å². The van der Waals surface area contributed by atoms with Crippen LogP contribution in [-0.2, 0) is 19.6 Å². The summed E-state index contributed by atoms with van der Waals surface area (Å²) < 4.78 is 49.1. The van der Waals surface area contributed by atoms with Gasteiger partial charge in [0.15, 0.2) is 23.9 Å². The second-order valence-electron chi connectivity index (χ2n) is 7.41. The number of nitrogens with one attached hydrogen (secondary N) is 1. The maximum absolute atomic E-state index is 12.9. The van der Waals surface area contributed by atoms with Gasteiger partial charge in [-0.15, -0.1) is 0 Å². The zero-order chi connectivity index (χ0) is 23.3. The largest absolute Gasteiger partial charge is 0.497 e. The number of benzene rings is 2. The van der Waals surface area contributed by atoms with Crippen molar-refractivity contribution in [2.75, 3.05) is 26.9 Å². The molecule has 0 saturated heterocycles. The number of esters is 1. The lowest BCUT2D eigenvalue weighted by Gasteiger charge is -2.22. The smallest absolute Gasteiger partial charge is 0.324 e. The topological polar surface area (TPSA) is 117 Å². The van der Waals surface area contributed by atoms with Gasteiger partial charge < -0.3 is 18.9 Å². The number of carbonyl (C=O) groups is 2. The molecule has 0 fully saturated rings. The maximum Gasteiger partial charge on any atom is 0.324 e. The van der Waals surface area contributed by atoms with Crippen molar-refractivity contribution in [3.8, 4) is 17.2 Å². The zero-order valence-electron chi connectivity index (χ0n) is 18.0. The number of hydrogen-bond donors (Lipinski definition) is 1. The van der Waals surface area contributed by atoms with Gasteiger partial charge in [-0.05, 0) is 42.3 Å². The van der Waals surface area contributed by atoms with Gasteiger partial charge in [0.1, 0.15) is 25.0 Å². The van der Waals surface area contributed by atoms with Crippen LogP contribution in [0.15, 0.2) is 47.4 Å². The highest BCUT2D eigenvalue weighted by molar-refractivity contribution is 7.89. The molecular formula is C22H25NO8S. The molecule has 1 aliphatic rings. The van der Waals surface area contributed by atoms with Crippen molar-refractivity contribution in [3.63, 3.8) is 0 Å². The molecule has 0 radical (unpaired) electrons. The molecule has 0 unspecified atom stereocenters. The summed E-state index contributed by atoms with van der Waals surface area (Å²) in [4.78, 5) is 24.8. The number of rotatable bonds is 9. The van der Waals surface area contributed by atoms with E-state index in [1.165, 1.54) is 25.3 Å². The third-order valence-corrected chi connectivity index (χ3v) is 6.22. The first kappa shape index (κ1) is 23.6. The van der Waals surface area contributed by atoms with Gasteiger partial charge in [0, 0.05) is 11.6 Å². The summed E-state index contributed by atoms with van der Waals surface area (Å²) >= 11 is 0. The molecule has 1 N–H and O–H groups in total. The van der Waals surface area contributed by atoms with Crippen LogP contribution in [0.25, 0.3) is 0 Å². The van der Waals surface area contributed by atoms with Gasteiger partial charge in [-0.2, -0.15) is 4.72 Å². The van der Waals surface area contributed by atoms with Crippen LogP contribution in [0.2, 0.25) is 0 Å². The first-order valence-electron chi connectivity index (χ1n) is 9.97. The lowest BCUT2D eigenvalue weighted by atomic mass is 10.1. The number of fused-ring (bicyclic) bond motifs is 1. The van der Waals surface area contributed by atoms with Crippen LogP contribution >= 0.6 is 0 Å². The fraction of sp³-hybridized carbons (Fsp3) is 0.364. The van der Waals surface area contributed by atoms with Crippen LogP contribution in [-0.4, -0.2) is 53.1 Å². The number of ether oxygens (including phenoxy) is 4. The van der Waals surface area contributed by atoms with E-state index in [2.05, 4.69) is 4.72 Å². The first-order valence-corrected chi connectivity index (χ1v) is 11.5. The molecule has 1 atom stereocenters. The Bertz CT molecular complexity index is 1080. The lowest BCUT2D eigenvalue weighted by molar-refractivity contribution is -0.145. The molecule has 1 aliphatic heterocycles. The molecule has 32 heavy (non-hydrogen) atoms. The fourth-order valence-corrected chi connectivity index (χ4v) is 4.32. The number of ketones is 1.